The van der Waals surface area contributed by atoms with Crippen LogP contribution in [0.5, 0.6) is 11.5 Å². The van der Waals surface area contributed by atoms with Gasteiger partial charge in [0, 0.05) is 11.1 Å². The third kappa shape index (κ3) is 2.35. The molecule has 1 N–H and O–H groups in total. The van der Waals surface area contributed by atoms with E-state index in [1.165, 1.54) is 13.2 Å². The van der Waals surface area contributed by atoms with Crippen LogP contribution in [0.4, 0.5) is 0 Å². The molecule has 0 fully saturated rings. The van der Waals surface area contributed by atoms with Crippen molar-refractivity contribution in [2.75, 3.05) is 7.11 Å². The lowest BCUT2D eigenvalue weighted by Gasteiger charge is -2.06. The summed E-state index contributed by atoms with van der Waals surface area (Å²) in [6.07, 6.45) is 0. The highest BCUT2D eigenvalue weighted by atomic mass is 16.5. The molecular weight excluding hydrogens is 228 g/mol. The van der Waals surface area contributed by atoms with Crippen molar-refractivity contribution in [3.05, 3.63) is 59.2 Å². The van der Waals surface area contributed by atoms with E-state index in [1.54, 1.807) is 24.3 Å². The maximum atomic E-state index is 12.2. The molecule has 0 aliphatic rings. The van der Waals surface area contributed by atoms with Crippen LogP contribution in [-0.2, 0) is 0 Å². The van der Waals surface area contributed by atoms with Gasteiger partial charge < -0.3 is 9.84 Å². The van der Waals surface area contributed by atoms with Crippen molar-refractivity contribution in [2.45, 2.75) is 6.92 Å². The zero-order valence-corrected chi connectivity index (χ0v) is 10.3. The number of ether oxygens (including phenoxy) is 1. The van der Waals surface area contributed by atoms with Crippen LogP contribution in [0.1, 0.15) is 21.5 Å². The van der Waals surface area contributed by atoms with Gasteiger partial charge in [-0.05, 0) is 25.1 Å². The molecule has 0 saturated heterocycles. The molecule has 18 heavy (non-hydrogen) atoms. The predicted octanol–water partition coefficient (Wildman–Crippen LogP) is 2.94. The summed E-state index contributed by atoms with van der Waals surface area (Å²) in [6, 6.07) is 12.0. The Morgan fingerprint density at radius 2 is 1.67 bits per heavy atom. The molecule has 0 spiro atoms. The monoisotopic (exact) mass is 242 g/mol. The quantitative estimate of drug-likeness (QED) is 0.842. The maximum Gasteiger partial charge on any atom is 0.193 e. The lowest BCUT2D eigenvalue weighted by Crippen LogP contribution is -2.01. The van der Waals surface area contributed by atoms with Gasteiger partial charge in [-0.3, -0.25) is 4.79 Å². The first-order valence-corrected chi connectivity index (χ1v) is 5.60. The molecule has 0 aliphatic carbocycles. The van der Waals surface area contributed by atoms with Gasteiger partial charge in [0.15, 0.2) is 17.3 Å². The van der Waals surface area contributed by atoms with Gasteiger partial charge in [-0.2, -0.15) is 0 Å². The number of benzene rings is 2. The second-order valence-electron chi connectivity index (χ2n) is 4.08. The van der Waals surface area contributed by atoms with Crippen LogP contribution >= 0.6 is 0 Å². The van der Waals surface area contributed by atoms with Crippen molar-refractivity contribution in [3.63, 3.8) is 0 Å². The molecule has 0 amide bonds. The minimum Gasteiger partial charge on any atom is -0.504 e. The van der Waals surface area contributed by atoms with Crippen molar-refractivity contribution in [1.82, 2.24) is 0 Å². The fraction of sp³-hybridized carbons (Fsp3) is 0.133. The Bertz CT molecular complexity index is 571. The summed E-state index contributed by atoms with van der Waals surface area (Å²) in [5.41, 5.74) is 2.14. The van der Waals surface area contributed by atoms with Crippen LogP contribution in [0.25, 0.3) is 0 Å². The summed E-state index contributed by atoms with van der Waals surface area (Å²) in [5, 5.41) is 9.65. The van der Waals surface area contributed by atoms with E-state index in [1.807, 2.05) is 19.1 Å². The molecule has 0 aliphatic heterocycles. The van der Waals surface area contributed by atoms with Crippen LogP contribution in [0, 0.1) is 6.92 Å². The Morgan fingerprint density at radius 1 is 1.06 bits per heavy atom. The minimum absolute atomic E-state index is 0.0320. The molecule has 92 valence electrons. The molecule has 0 saturated carbocycles. The number of aromatic hydroxyl groups is 1. The molecule has 0 heterocycles. The molecule has 0 aromatic heterocycles. The van der Waals surface area contributed by atoms with Gasteiger partial charge in [0.1, 0.15) is 0 Å². The number of hydrogen-bond acceptors (Lipinski definition) is 3. The van der Waals surface area contributed by atoms with Gasteiger partial charge in [0.05, 0.1) is 7.11 Å². The van der Waals surface area contributed by atoms with Gasteiger partial charge in [0.25, 0.3) is 0 Å². The Hall–Kier alpha value is -2.29. The molecular formula is C15H14O3. The molecule has 0 atom stereocenters. The highest BCUT2D eigenvalue weighted by Crippen LogP contribution is 2.27. The van der Waals surface area contributed by atoms with E-state index < -0.39 is 0 Å². The van der Waals surface area contributed by atoms with E-state index in [-0.39, 0.29) is 11.5 Å². The summed E-state index contributed by atoms with van der Waals surface area (Å²) in [7, 11) is 1.47. The fourth-order valence-corrected chi connectivity index (χ4v) is 1.70. The van der Waals surface area contributed by atoms with E-state index in [4.69, 9.17) is 4.74 Å². The van der Waals surface area contributed by atoms with E-state index in [2.05, 4.69) is 0 Å². The Labute approximate surface area is 106 Å². The Morgan fingerprint density at radius 3 is 2.22 bits per heavy atom. The number of ketones is 1. The molecule has 3 nitrogen and oxygen atoms in total. The molecule has 0 radical (unpaired) electrons. The largest absolute Gasteiger partial charge is 0.504 e. The van der Waals surface area contributed by atoms with Gasteiger partial charge >= 0.3 is 0 Å². The number of phenolic OH excluding ortho intramolecular Hbond substituents is 1. The molecule has 0 unspecified atom stereocenters. The molecule has 2 aromatic carbocycles. The number of rotatable bonds is 3. The van der Waals surface area contributed by atoms with Crippen molar-refractivity contribution in [2.24, 2.45) is 0 Å². The van der Waals surface area contributed by atoms with Gasteiger partial charge in [-0.1, -0.05) is 29.8 Å². The van der Waals surface area contributed by atoms with Crippen molar-refractivity contribution in [1.29, 1.82) is 0 Å². The van der Waals surface area contributed by atoms with Crippen LogP contribution < -0.4 is 4.74 Å². The number of methoxy groups -OCH3 is 1. The second-order valence-corrected chi connectivity index (χ2v) is 4.08. The molecule has 2 rings (SSSR count). The van der Waals surface area contributed by atoms with Crippen molar-refractivity contribution in [3.8, 4) is 11.5 Å². The molecule has 0 bridgehead atoms. The van der Waals surface area contributed by atoms with E-state index in [0.29, 0.717) is 16.9 Å². The zero-order valence-electron chi connectivity index (χ0n) is 10.3. The number of carbonyl (C=O) groups is 1. The SMILES string of the molecule is COc1ccc(C(=O)c2ccc(C)cc2)cc1O. The molecule has 2 aromatic rings. The summed E-state index contributed by atoms with van der Waals surface area (Å²) in [5.74, 6) is 0.207. The topological polar surface area (TPSA) is 46.5 Å². The third-order valence-corrected chi connectivity index (χ3v) is 2.75. The summed E-state index contributed by atoms with van der Waals surface area (Å²) in [6.45, 7) is 1.97. The average Bonchev–Trinajstić information content (AvgIpc) is 2.38. The zero-order chi connectivity index (χ0) is 13.1. The lowest BCUT2D eigenvalue weighted by molar-refractivity contribution is 0.103. The summed E-state index contributed by atoms with van der Waals surface area (Å²) >= 11 is 0. The van der Waals surface area contributed by atoms with E-state index in [0.717, 1.165) is 5.56 Å². The summed E-state index contributed by atoms with van der Waals surface area (Å²) < 4.78 is 4.94. The van der Waals surface area contributed by atoms with Crippen LogP contribution in [-0.4, -0.2) is 18.0 Å². The van der Waals surface area contributed by atoms with Gasteiger partial charge in [-0.25, -0.2) is 0 Å². The van der Waals surface area contributed by atoms with Gasteiger partial charge in [-0.15, -0.1) is 0 Å². The average molecular weight is 242 g/mol. The fourth-order valence-electron chi connectivity index (χ4n) is 1.70. The van der Waals surface area contributed by atoms with E-state index >= 15 is 0 Å². The summed E-state index contributed by atoms with van der Waals surface area (Å²) in [4.78, 5) is 12.2. The second kappa shape index (κ2) is 4.92. The first-order valence-electron chi connectivity index (χ1n) is 5.60. The Balaban J connectivity index is 2.34. The number of hydrogen-bond donors (Lipinski definition) is 1. The van der Waals surface area contributed by atoms with E-state index in [9.17, 15) is 9.90 Å². The lowest BCUT2D eigenvalue weighted by atomic mass is 10.0. The first-order chi connectivity index (χ1) is 8.61. The van der Waals surface area contributed by atoms with Crippen LogP contribution in [0.2, 0.25) is 0 Å². The first kappa shape index (κ1) is 12.2. The van der Waals surface area contributed by atoms with Crippen molar-refractivity contribution < 1.29 is 14.6 Å². The maximum absolute atomic E-state index is 12.2. The number of phenols is 1. The molecule has 3 heteroatoms. The van der Waals surface area contributed by atoms with Crippen LogP contribution in [0.15, 0.2) is 42.5 Å². The highest BCUT2D eigenvalue weighted by Gasteiger charge is 2.11. The third-order valence-electron chi connectivity index (χ3n) is 2.75. The predicted molar refractivity (Wildman–Crippen MR) is 69.3 cm³/mol. The number of aryl methyl sites for hydroxylation is 1. The highest BCUT2D eigenvalue weighted by molar-refractivity contribution is 6.09. The Kier molecular flexibility index (Phi) is 3.33. The van der Waals surface area contributed by atoms with Gasteiger partial charge in [0.2, 0.25) is 0 Å². The standard InChI is InChI=1S/C15H14O3/c1-10-3-5-11(6-4-10)15(17)12-7-8-14(18-2)13(16)9-12/h3-9,16H,1-2H3. The van der Waals surface area contributed by atoms with Crippen LogP contribution in [0.3, 0.4) is 0 Å². The number of carbonyl (C=O) groups excluding carboxylic acids is 1. The minimum atomic E-state index is -0.118. The smallest absolute Gasteiger partial charge is 0.193 e. The van der Waals surface area contributed by atoms with Crippen molar-refractivity contribution >= 4 is 5.78 Å². The normalized spacial score (nSPS) is 10.1.